The van der Waals surface area contributed by atoms with Gasteiger partial charge in [-0.25, -0.2) is 0 Å². The molecule has 0 saturated heterocycles. The van der Waals surface area contributed by atoms with Gasteiger partial charge in [-0.2, -0.15) is 0 Å². The molecule has 0 radical (unpaired) electrons. The van der Waals surface area contributed by atoms with Gasteiger partial charge >= 0.3 is 0 Å². The van der Waals surface area contributed by atoms with Crippen molar-refractivity contribution in [3.05, 3.63) is 105 Å². The fraction of sp³-hybridized carbons (Fsp3) is 0.200. The summed E-state index contributed by atoms with van der Waals surface area (Å²) in [5, 5.41) is 0. The maximum absolute atomic E-state index is 4.29. The Kier molecular flexibility index (Phi) is 4.16. The largest absolute Gasteiger partial charge is 0.100 e. The number of benzene rings is 3. The van der Waals surface area contributed by atoms with Crippen LogP contribution in [0.4, 0.5) is 0 Å². The van der Waals surface area contributed by atoms with Gasteiger partial charge in [0.05, 0.1) is 5.41 Å². The van der Waals surface area contributed by atoms with Crippen LogP contribution in [0.5, 0.6) is 0 Å². The van der Waals surface area contributed by atoms with Crippen molar-refractivity contribution in [1.29, 1.82) is 0 Å². The number of hydrogen-bond donors (Lipinski definition) is 0. The maximum atomic E-state index is 4.29. The average molecular weight is 403 g/mol. The lowest BCUT2D eigenvalue weighted by atomic mass is 9.67. The third-order valence-electron chi connectivity index (χ3n) is 5.53. The number of halogens is 1. The zero-order chi connectivity index (χ0) is 18.5. The minimum Gasteiger partial charge on any atom is -0.100 e. The van der Waals surface area contributed by atoms with Crippen molar-refractivity contribution in [1.82, 2.24) is 0 Å². The lowest BCUT2D eigenvalue weighted by molar-refractivity contribution is 0.621. The molecule has 130 valence electrons. The van der Waals surface area contributed by atoms with Crippen molar-refractivity contribution in [2.24, 2.45) is 0 Å². The Bertz CT molecular complexity index is 1030. The van der Waals surface area contributed by atoms with Gasteiger partial charge in [-0.1, -0.05) is 75.6 Å². The minimum absolute atomic E-state index is 0.181. The molecule has 26 heavy (non-hydrogen) atoms. The number of hydrogen-bond acceptors (Lipinski definition) is 0. The van der Waals surface area contributed by atoms with Crippen LogP contribution in [-0.4, -0.2) is 0 Å². The van der Waals surface area contributed by atoms with Gasteiger partial charge in [0.2, 0.25) is 0 Å². The molecule has 0 saturated carbocycles. The molecular formula is C25H23Br. The molecule has 0 spiro atoms. The Hall–Kier alpha value is -2.12. The monoisotopic (exact) mass is 402 g/mol. The first kappa shape index (κ1) is 17.3. The van der Waals surface area contributed by atoms with Crippen molar-refractivity contribution in [3.63, 3.8) is 0 Å². The van der Waals surface area contributed by atoms with Crippen molar-refractivity contribution >= 4 is 15.9 Å². The summed E-state index contributed by atoms with van der Waals surface area (Å²) < 4.78 is 1.12. The van der Waals surface area contributed by atoms with Gasteiger partial charge in [-0.15, -0.1) is 6.58 Å². The van der Waals surface area contributed by atoms with Crippen LogP contribution in [0.2, 0.25) is 0 Å². The van der Waals surface area contributed by atoms with E-state index >= 15 is 0 Å². The first-order chi connectivity index (χ1) is 12.4. The summed E-state index contributed by atoms with van der Waals surface area (Å²) in [5.74, 6) is 0. The molecule has 3 aromatic rings. The highest BCUT2D eigenvalue weighted by Gasteiger charge is 2.45. The van der Waals surface area contributed by atoms with E-state index in [0.717, 1.165) is 10.9 Å². The number of rotatable bonds is 3. The van der Waals surface area contributed by atoms with Crippen LogP contribution in [0.25, 0.3) is 11.1 Å². The van der Waals surface area contributed by atoms with E-state index in [1.54, 1.807) is 0 Å². The second-order valence-corrected chi connectivity index (χ2v) is 8.51. The van der Waals surface area contributed by atoms with Crippen LogP contribution >= 0.6 is 15.9 Å². The fourth-order valence-corrected chi connectivity index (χ4v) is 5.02. The van der Waals surface area contributed by atoms with Crippen molar-refractivity contribution in [2.45, 2.75) is 32.6 Å². The topological polar surface area (TPSA) is 0 Å². The van der Waals surface area contributed by atoms with Crippen molar-refractivity contribution in [3.8, 4) is 11.1 Å². The number of allylic oxidation sites excluding steroid dienone is 1. The van der Waals surface area contributed by atoms with Crippen molar-refractivity contribution in [2.75, 3.05) is 0 Å². The molecule has 0 amide bonds. The van der Waals surface area contributed by atoms with Gasteiger partial charge in [0.15, 0.2) is 0 Å². The van der Waals surface area contributed by atoms with Gasteiger partial charge in [-0.05, 0) is 72.7 Å². The Morgan fingerprint density at radius 2 is 1.62 bits per heavy atom. The third kappa shape index (κ3) is 2.49. The van der Waals surface area contributed by atoms with Crippen LogP contribution in [-0.2, 0) is 5.41 Å². The van der Waals surface area contributed by atoms with Gasteiger partial charge in [0, 0.05) is 4.47 Å². The van der Waals surface area contributed by atoms with E-state index in [1.807, 2.05) is 0 Å². The second-order valence-electron chi connectivity index (χ2n) is 7.59. The Morgan fingerprint density at radius 1 is 0.885 bits per heavy atom. The molecule has 0 fully saturated rings. The van der Waals surface area contributed by atoms with E-state index in [0.29, 0.717) is 0 Å². The van der Waals surface area contributed by atoms with Crippen LogP contribution in [0.15, 0.2) is 77.3 Å². The predicted molar refractivity (Wildman–Crippen MR) is 115 cm³/mol. The van der Waals surface area contributed by atoms with Gasteiger partial charge in [0.25, 0.3) is 0 Å². The second kappa shape index (κ2) is 6.25. The molecule has 0 heterocycles. The zero-order valence-electron chi connectivity index (χ0n) is 15.6. The molecular weight excluding hydrogens is 380 g/mol. The summed E-state index contributed by atoms with van der Waals surface area (Å²) in [6, 6.07) is 22.4. The molecule has 1 atom stereocenters. The summed E-state index contributed by atoms with van der Waals surface area (Å²) in [6.45, 7) is 10.8. The highest BCUT2D eigenvalue weighted by atomic mass is 79.9. The van der Waals surface area contributed by atoms with E-state index in [4.69, 9.17) is 0 Å². The van der Waals surface area contributed by atoms with E-state index in [2.05, 4.69) is 104 Å². The molecule has 0 nitrogen and oxygen atoms in total. The molecule has 1 aliphatic rings. The van der Waals surface area contributed by atoms with E-state index in [9.17, 15) is 0 Å². The molecule has 0 bridgehead atoms. The van der Waals surface area contributed by atoms with Crippen molar-refractivity contribution < 1.29 is 0 Å². The molecule has 0 aliphatic heterocycles. The first-order valence-corrected chi connectivity index (χ1v) is 9.85. The Labute approximate surface area is 164 Å². The van der Waals surface area contributed by atoms with E-state index < -0.39 is 0 Å². The zero-order valence-corrected chi connectivity index (χ0v) is 17.2. The van der Waals surface area contributed by atoms with Crippen LogP contribution < -0.4 is 0 Å². The summed E-state index contributed by atoms with van der Waals surface area (Å²) in [5.41, 5.74) is 10.5. The normalized spacial score (nSPS) is 17.7. The molecule has 0 N–H and O–H groups in total. The lowest BCUT2D eigenvalue weighted by Crippen LogP contribution is -2.28. The lowest BCUT2D eigenvalue weighted by Gasteiger charge is -2.35. The quantitative estimate of drug-likeness (QED) is 0.401. The van der Waals surface area contributed by atoms with Gasteiger partial charge in [-0.3, -0.25) is 0 Å². The van der Waals surface area contributed by atoms with E-state index in [-0.39, 0.29) is 5.41 Å². The Morgan fingerprint density at radius 3 is 2.35 bits per heavy atom. The Balaban J connectivity index is 2.15. The highest BCUT2D eigenvalue weighted by Crippen LogP contribution is 2.56. The molecule has 3 aromatic carbocycles. The van der Waals surface area contributed by atoms with E-state index in [1.165, 1.54) is 44.5 Å². The highest BCUT2D eigenvalue weighted by molar-refractivity contribution is 9.10. The minimum atomic E-state index is -0.181. The standard InChI is InChI=1S/C25H23Br/c1-16(2)15-25(22-12-9-17(3)13-18(22)4)23-8-6-5-7-20(23)21-11-10-19(26)14-24(21)25/h5-14H,1,15H2,2-4H3. The SMILES string of the molecule is C=C(C)CC1(c2ccc(C)cc2C)c2ccccc2-c2ccc(Br)cc21. The average Bonchev–Trinajstić information content (AvgIpc) is 2.85. The number of fused-ring (bicyclic) bond motifs is 3. The smallest absolute Gasteiger partial charge is 0.0503 e. The molecule has 4 rings (SSSR count). The molecule has 1 unspecified atom stereocenters. The molecule has 1 heteroatoms. The van der Waals surface area contributed by atoms with Crippen LogP contribution in [0, 0.1) is 13.8 Å². The summed E-state index contributed by atoms with van der Waals surface area (Å²) in [6.07, 6.45) is 0.914. The summed E-state index contributed by atoms with van der Waals surface area (Å²) in [4.78, 5) is 0. The van der Waals surface area contributed by atoms with Gasteiger partial charge < -0.3 is 0 Å². The first-order valence-electron chi connectivity index (χ1n) is 9.05. The molecule has 1 aliphatic carbocycles. The third-order valence-corrected chi connectivity index (χ3v) is 6.02. The predicted octanol–water partition coefficient (Wildman–Crippen LogP) is 7.35. The van der Waals surface area contributed by atoms with Crippen LogP contribution in [0.1, 0.15) is 41.2 Å². The summed E-state index contributed by atoms with van der Waals surface area (Å²) in [7, 11) is 0. The van der Waals surface area contributed by atoms with Crippen LogP contribution in [0.3, 0.4) is 0 Å². The number of aryl methyl sites for hydroxylation is 2. The van der Waals surface area contributed by atoms with Gasteiger partial charge in [0.1, 0.15) is 0 Å². The molecule has 0 aromatic heterocycles. The summed E-state index contributed by atoms with van der Waals surface area (Å²) >= 11 is 3.71. The fourth-order valence-electron chi connectivity index (χ4n) is 4.66. The maximum Gasteiger partial charge on any atom is 0.0503 e.